The molecule has 1 atom stereocenters. The molecule has 0 bridgehead atoms. The van der Waals surface area contributed by atoms with Crippen molar-refractivity contribution < 1.29 is 14.3 Å². The number of para-hydroxylation sites is 1. The van der Waals surface area contributed by atoms with Gasteiger partial charge in [-0.2, -0.15) is 0 Å². The fourth-order valence-corrected chi connectivity index (χ4v) is 4.09. The number of carboxylic acid groups (broad SMARTS) is 1. The summed E-state index contributed by atoms with van der Waals surface area (Å²) in [5, 5.41) is 13.8. The molecule has 5 rings (SSSR count). The fraction of sp³-hybridized carbons (Fsp3) is 0.115. The van der Waals surface area contributed by atoms with Crippen molar-refractivity contribution in [3.8, 4) is 11.3 Å². The number of pyridine rings is 2. The maximum absolute atomic E-state index is 11.6. The van der Waals surface area contributed by atoms with Crippen LogP contribution in [0.1, 0.15) is 34.5 Å². The Hall–Kier alpha value is -4.19. The number of anilines is 1. The Morgan fingerprint density at radius 1 is 1.00 bits per heavy atom. The third kappa shape index (κ3) is 3.36. The first-order valence-corrected chi connectivity index (χ1v) is 10.3. The van der Waals surface area contributed by atoms with Crippen molar-refractivity contribution in [3.63, 3.8) is 0 Å². The molecule has 0 radical (unpaired) electrons. The number of nitrogens with zero attached hydrogens (tertiary/aromatic N) is 2. The Kier molecular flexibility index (Phi) is 4.82. The number of aromatic carboxylic acids is 1. The molecule has 0 amide bonds. The van der Waals surface area contributed by atoms with Gasteiger partial charge < -0.3 is 14.8 Å². The summed E-state index contributed by atoms with van der Waals surface area (Å²) < 4.78 is 6.40. The first-order chi connectivity index (χ1) is 15.5. The summed E-state index contributed by atoms with van der Waals surface area (Å²) in [6.45, 7) is 4.02. The molecule has 0 fully saturated rings. The van der Waals surface area contributed by atoms with Gasteiger partial charge >= 0.3 is 5.97 Å². The summed E-state index contributed by atoms with van der Waals surface area (Å²) in [5.74, 6) is -0.970. The number of carboxylic acids is 1. The largest absolute Gasteiger partial charge is 0.478 e. The monoisotopic (exact) mass is 423 g/mol. The van der Waals surface area contributed by atoms with Crippen molar-refractivity contribution in [1.82, 2.24) is 9.97 Å². The molecule has 2 aromatic carbocycles. The van der Waals surface area contributed by atoms with Crippen LogP contribution in [0.3, 0.4) is 0 Å². The van der Waals surface area contributed by atoms with E-state index in [4.69, 9.17) is 4.42 Å². The van der Waals surface area contributed by atoms with E-state index >= 15 is 0 Å². The summed E-state index contributed by atoms with van der Waals surface area (Å²) in [6, 6.07) is 18.5. The minimum absolute atomic E-state index is 0.197. The van der Waals surface area contributed by atoms with Gasteiger partial charge in [-0.3, -0.25) is 9.97 Å². The van der Waals surface area contributed by atoms with Crippen LogP contribution in [0.25, 0.3) is 33.3 Å². The van der Waals surface area contributed by atoms with E-state index < -0.39 is 5.97 Å². The average molecular weight is 423 g/mol. The number of hydrogen-bond donors (Lipinski definition) is 2. The Morgan fingerprint density at radius 3 is 2.59 bits per heavy atom. The van der Waals surface area contributed by atoms with Crippen molar-refractivity contribution in [2.75, 3.05) is 5.32 Å². The second-order valence-corrected chi connectivity index (χ2v) is 7.80. The second-order valence-electron chi connectivity index (χ2n) is 7.80. The quantitative estimate of drug-likeness (QED) is 0.349. The third-order valence-corrected chi connectivity index (χ3v) is 5.56. The molecule has 0 aliphatic rings. The summed E-state index contributed by atoms with van der Waals surface area (Å²) >= 11 is 0. The lowest BCUT2D eigenvalue weighted by Crippen LogP contribution is -2.11. The molecule has 32 heavy (non-hydrogen) atoms. The average Bonchev–Trinajstić information content (AvgIpc) is 3.18. The molecule has 0 saturated carbocycles. The van der Waals surface area contributed by atoms with Crippen molar-refractivity contribution in [3.05, 3.63) is 89.7 Å². The highest BCUT2D eigenvalue weighted by Crippen LogP contribution is 2.38. The lowest BCUT2D eigenvalue weighted by Gasteiger charge is -2.18. The standard InChI is InChI=1S/C26H21N3O3/c1-15-13-19(16(2)29-22-9-4-3-7-18(22)26(30)31)24-20(14-15)23-25(32-24)17(10-12-28-23)21-8-5-6-11-27-21/h3-14,16,29H,1-2H3,(H,30,31)/t16-/m1/s1. The lowest BCUT2D eigenvalue weighted by atomic mass is 10.0. The van der Waals surface area contributed by atoms with E-state index in [2.05, 4.69) is 27.4 Å². The molecule has 5 aromatic rings. The maximum Gasteiger partial charge on any atom is 0.337 e. The van der Waals surface area contributed by atoms with Gasteiger partial charge in [0.2, 0.25) is 0 Å². The second kappa shape index (κ2) is 7.81. The smallest absolute Gasteiger partial charge is 0.337 e. The SMILES string of the molecule is Cc1cc([C@@H](C)Nc2ccccc2C(=O)O)c2oc3c(-c4ccccn4)ccnc3c2c1. The van der Waals surface area contributed by atoms with Gasteiger partial charge in [0.15, 0.2) is 5.58 Å². The number of furan rings is 1. The highest BCUT2D eigenvalue weighted by Gasteiger charge is 2.20. The van der Waals surface area contributed by atoms with E-state index in [0.717, 1.165) is 38.9 Å². The zero-order valence-corrected chi connectivity index (χ0v) is 17.7. The molecular weight excluding hydrogens is 402 g/mol. The molecule has 158 valence electrons. The highest BCUT2D eigenvalue weighted by molar-refractivity contribution is 6.08. The van der Waals surface area contributed by atoms with Crippen LogP contribution in [-0.2, 0) is 0 Å². The Bertz CT molecular complexity index is 1460. The van der Waals surface area contributed by atoms with Gasteiger partial charge in [0.1, 0.15) is 11.1 Å². The van der Waals surface area contributed by atoms with E-state index in [9.17, 15) is 9.90 Å². The Labute approximate surface area is 184 Å². The van der Waals surface area contributed by atoms with Gasteiger partial charge in [0, 0.05) is 34.6 Å². The van der Waals surface area contributed by atoms with Crippen molar-refractivity contribution >= 4 is 33.7 Å². The molecule has 3 aromatic heterocycles. The number of benzene rings is 2. The highest BCUT2D eigenvalue weighted by atomic mass is 16.4. The van der Waals surface area contributed by atoms with Gasteiger partial charge in [-0.05, 0) is 55.8 Å². The number of aromatic nitrogens is 2. The van der Waals surface area contributed by atoms with Crippen LogP contribution >= 0.6 is 0 Å². The number of carbonyl (C=O) groups is 1. The summed E-state index contributed by atoms with van der Waals surface area (Å²) in [6.07, 6.45) is 3.53. The molecule has 6 nitrogen and oxygen atoms in total. The van der Waals surface area contributed by atoms with Crippen molar-refractivity contribution in [2.24, 2.45) is 0 Å². The topological polar surface area (TPSA) is 88.2 Å². The molecule has 0 spiro atoms. The minimum atomic E-state index is -0.970. The number of nitrogens with one attached hydrogen (secondary N) is 1. The van der Waals surface area contributed by atoms with Crippen LogP contribution in [0.15, 0.2) is 77.5 Å². The van der Waals surface area contributed by atoms with Gasteiger partial charge in [-0.1, -0.05) is 24.3 Å². The third-order valence-electron chi connectivity index (χ3n) is 5.56. The predicted octanol–water partition coefficient (Wildman–Crippen LogP) is 6.22. The van der Waals surface area contributed by atoms with Crippen molar-refractivity contribution in [1.29, 1.82) is 0 Å². The lowest BCUT2D eigenvalue weighted by molar-refractivity contribution is 0.0698. The van der Waals surface area contributed by atoms with Gasteiger partial charge in [0.05, 0.1) is 17.3 Å². The first kappa shape index (κ1) is 19.8. The van der Waals surface area contributed by atoms with Crippen LogP contribution in [-0.4, -0.2) is 21.0 Å². The van der Waals surface area contributed by atoms with Gasteiger partial charge in [-0.15, -0.1) is 0 Å². The van der Waals surface area contributed by atoms with Crippen LogP contribution in [0, 0.1) is 6.92 Å². The molecule has 2 N–H and O–H groups in total. The zero-order valence-electron chi connectivity index (χ0n) is 17.7. The van der Waals surface area contributed by atoms with Crippen LogP contribution in [0.5, 0.6) is 0 Å². The molecule has 0 unspecified atom stereocenters. The van der Waals surface area contributed by atoms with Gasteiger partial charge in [0.25, 0.3) is 0 Å². The van der Waals surface area contributed by atoms with E-state index in [1.807, 2.05) is 44.2 Å². The fourth-order valence-electron chi connectivity index (χ4n) is 4.09. The summed E-state index contributed by atoms with van der Waals surface area (Å²) in [4.78, 5) is 20.7. The van der Waals surface area contributed by atoms with E-state index in [-0.39, 0.29) is 11.6 Å². The number of aryl methyl sites for hydroxylation is 1. The number of fused-ring (bicyclic) bond motifs is 3. The zero-order chi connectivity index (χ0) is 22.2. The molecule has 3 heterocycles. The minimum Gasteiger partial charge on any atom is -0.478 e. The Balaban J connectivity index is 1.67. The Morgan fingerprint density at radius 2 is 1.81 bits per heavy atom. The summed E-state index contributed by atoms with van der Waals surface area (Å²) in [5.41, 5.74) is 6.70. The van der Waals surface area contributed by atoms with Crippen molar-refractivity contribution in [2.45, 2.75) is 19.9 Å². The summed E-state index contributed by atoms with van der Waals surface area (Å²) in [7, 11) is 0. The van der Waals surface area contributed by atoms with E-state index in [1.165, 1.54) is 0 Å². The van der Waals surface area contributed by atoms with Gasteiger partial charge in [-0.25, -0.2) is 4.79 Å². The van der Waals surface area contributed by atoms with Crippen LogP contribution < -0.4 is 5.32 Å². The number of hydrogen-bond acceptors (Lipinski definition) is 5. The normalized spacial score (nSPS) is 12.2. The molecule has 0 saturated heterocycles. The predicted molar refractivity (Wildman–Crippen MR) is 125 cm³/mol. The molecule has 6 heteroatoms. The first-order valence-electron chi connectivity index (χ1n) is 10.3. The van der Waals surface area contributed by atoms with E-state index in [1.54, 1.807) is 30.6 Å². The van der Waals surface area contributed by atoms with E-state index in [0.29, 0.717) is 11.3 Å². The van der Waals surface area contributed by atoms with Crippen LogP contribution in [0.4, 0.5) is 5.69 Å². The molecule has 0 aliphatic carbocycles. The number of rotatable bonds is 5. The molecular formula is C26H21N3O3. The maximum atomic E-state index is 11.6. The molecule has 0 aliphatic heterocycles. The van der Waals surface area contributed by atoms with Crippen LogP contribution in [0.2, 0.25) is 0 Å².